The average Bonchev–Trinajstić information content (AvgIpc) is 3.44. The van der Waals surface area contributed by atoms with E-state index in [2.05, 4.69) is 10.0 Å². The topological polar surface area (TPSA) is 97.6 Å². The number of carbonyl (C=O) groups excluding carboxylic acids is 1. The largest absolute Gasteiger partial charge is 0.495 e. The van der Waals surface area contributed by atoms with E-state index in [1.54, 1.807) is 0 Å². The Kier molecular flexibility index (Phi) is 6.11. The van der Waals surface area contributed by atoms with Gasteiger partial charge in [0.25, 0.3) is 0 Å². The van der Waals surface area contributed by atoms with Crippen molar-refractivity contribution in [1.29, 1.82) is 0 Å². The van der Waals surface area contributed by atoms with Crippen molar-refractivity contribution in [2.45, 2.75) is 36.6 Å². The third kappa shape index (κ3) is 5.34. The SMILES string of the molecule is COc1ccc(S(=O)(=O)NC2CC2)cc1NC(=O)CCc1ccc(-c2ccccc2)o1. The van der Waals surface area contributed by atoms with E-state index in [9.17, 15) is 13.2 Å². The molecule has 0 spiro atoms. The number of sulfonamides is 1. The van der Waals surface area contributed by atoms with Gasteiger partial charge in [0.15, 0.2) is 0 Å². The summed E-state index contributed by atoms with van der Waals surface area (Å²) in [5.74, 6) is 1.58. The lowest BCUT2D eigenvalue weighted by atomic mass is 10.2. The van der Waals surface area contributed by atoms with Crippen LogP contribution in [0.2, 0.25) is 0 Å². The van der Waals surface area contributed by atoms with Gasteiger partial charge in [-0.1, -0.05) is 30.3 Å². The van der Waals surface area contributed by atoms with Crippen molar-refractivity contribution in [3.8, 4) is 17.1 Å². The lowest BCUT2D eigenvalue weighted by Gasteiger charge is -2.13. The van der Waals surface area contributed by atoms with Crippen molar-refractivity contribution in [2.75, 3.05) is 12.4 Å². The van der Waals surface area contributed by atoms with Gasteiger partial charge in [-0.15, -0.1) is 0 Å². The molecule has 2 aromatic carbocycles. The Balaban J connectivity index is 1.41. The zero-order valence-corrected chi connectivity index (χ0v) is 17.9. The van der Waals surface area contributed by atoms with E-state index in [-0.39, 0.29) is 23.3 Å². The first-order valence-corrected chi connectivity index (χ1v) is 11.6. The fourth-order valence-corrected chi connectivity index (χ4v) is 4.49. The van der Waals surface area contributed by atoms with Gasteiger partial charge in [0.2, 0.25) is 15.9 Å². The van der Waals surface area contributed by atoms with Crippen LogP contribution in [0.15, 0.2) is 70.0 Å². The van der Waals surface area contributed by atoms with Crippen molar-refractivity contribution in [3.63, 3.8) is 0 Å². The predicted octanol–water partition coefficient (Wildman–Crippen LogP) is 3.97. The summed E-state index contributed by atoms with van der Waals surface area (Å²) in [6.07, 6.45) is 2.29. The molecule has 0 bridgehead atoms. The minimum Gasteiger partial charge on any atom is -0.495 e. The van der Waals surface area contributed by atoms with Crippen LogP contribution in [0.5, 0.6) is 5.75 Å². The van der Waals surface area contributed by atoms with Gasteiger partial charge < -0.3 is 14.5 Å². The standard InChI is InChI=1S/C23H24N2O5S/c1-29-22-13-11-19(31(27,28)25-17-7-8-17)15-20(22)24-23(26)14-10-18-9-12-21(30-18)16-5-3-2-4-6-16/h2-6,9,11-13,15,17,25H,7-8,10,14H2,1H3,(H,24,26). The fraction of sp³-hybridized carbons (Fsp3) is 0.261. The van der Waals surface area contributed by atoms with Crippen LogP contribution in [-0.2, 0) is 21.2 Å². The lowest BCUT2D eigenvalue weighted by molar-refractivity contribution is -0.116. The van der Waals surface area contributed by atoms with Crippen LogP contribution in [0.25, 0.3) is 11.3 Å². The molecule has 8 heteroatoms. The van der Waals surface area contributed by atoms with E-state index in [0.717, 1.165) is 24.2 Å². The first-order chi connectivity index (χ1) is 14.9. The van der Waals surface area contributed by atoms with Gasteiger partial charge >= 0.3 is 0 Å². The minimum atomic E-state index is -3.63. The number of anilines is 1. The third-order valence-corrected chi connectivity index (χ3v) is 6.49. The molecule has 3 aromatic rings. The Morgan fingerprint density at radius 1 is 1.10 bits per heavy atom. The van der Waals surface area contributed by atoms with Crippen molar-refractivity contribution in [1.82, 2.24) is 4.72 Å². The number of benzene rings is 2. The van der Waals surface area contributed by atoms with Crippen molar-refractivity contribution in [2.24, 2.45) is 0 Å². The molecule has 2 N–H and O–H groups in total. The number of nitrogens with one attached hydrogen (secondary N) is 2. The van der Waals surface area contributed by atoms with Crippen LogP contribution in [-0.4, -0.2) is 27.5 Å². The number of hydrogen-bond donors (Lipinski definition) is 2. The average molecular weight is 441 g/mol. The molecule has 0 atom stereocenters. The second-order valence-electron chi connectivity index (χ2n) is 7.44. The molecule has 4 rings (SSSR count). The number of rotatable bonds is 9. The number of methoxy groups -OCH3 is 1. The summed E-state index contributed by atoms with van der Waals surface area (Å²) in [5, 5.41) is 2.75. The van der Waals surface area contributed by atoms with Gasteiger partial charge in [0.05, 0.1) is 17.7 Å². The summed E-state index contributed by atoms with van der Waals surface area (Å²) in [7, 11) is -2.16. The highest BCUT2D eigenvalue weighted by atomic mass is 32.2. The van der Waals surface area contributed by atoms with E-state index < -0.39 is 10.0 Å². The van der Waals surface area contributed by atoms with E-state index in [4.69, 9.17) is 9.15 Å². The maximum absolute atomic E-state index is 12.5. The summed E-state index contributed by atoms with van der Waals surface area (Å²) >= 11 is 0. The molecule has 1 aliphatic rings. The molecule has 1 fully saturated rings. The van der Waals surface area contributed by atoms with Crippen molar-refractivity contribution < 1.29 is 22.4 Å². The van der Waals surface area contributed by atoms with Crippen LogP contribution < -0.4 is 14.8 Å². The maximum Gasteiger partial charge on any atom is 0.240 e. The second-order valence-corrected chi connectivity index (χ2v) is 9.15. The number of amides is 1. The first kappa shape index (κ1) is 21.1. The Bertz CT molecular complexity index is 1170. The molecular weight excluding hydrogens is 416 g/mol. The van der Waals surface area contributed by atoms with Gasteiger partial charge in [-0.3, -0.25) is 4.79 Å². The minimum absolute atomic E-state index is 0.000726. The maximum atomic E-state index is 12.5. The van der Waals surface area contributed by atoms with Gasteiger partial charge in [-0.2, -0.15) is 0 Å². The molecule has 31 heavy (non-hydrogen) atoms. The van der Waals surface area contributed by atoms with Gasteiger partial charge in [0, 0.05) is 24.4 Å². The van der Waals surface area contributed by atoms with Crippen LogP contribution in [0.1, 0.15) is 25.0 Å². The third-order valence-electron chi connectivity index (χ3n) is 4.97. The second kappa shape index (κ2) is 8.95. The highest BCUT2D eigenvalue weighted by Gasteiger charge is 2.28. The monoisotopic (exact) mass is 440 g/mol. The van der Waals surface area contributed by atoms with Crippen LogP contribution in [0.4, 0.5) is 5.69 Å². The van der Waals surface area contributed by atoms with Gasteiger partial charge in [-0.25, -0.2) is 13.1 Å². The van der Waals surface area contributed by atoms with Crippen LogP contribution >= 0.6 is 0 Å². The molecule has 1 aliphatic carbocycles. The number of hydrogen-bond acceptors (Lipinski definition) is 5. The molecule has 0 saturated heterocycles. The van der Waals surface area contributed by atoms with E-state index >= 15 is 0 Å². The fourth-order valence-electron chi connectivity index (χ4n) is 3.16. The van der Waals surface area contributed by atoms with Crippen molar-refractivity contribution in [3.05, 3.63) is 66.4 Å². The highest BCUT2D eigenvalue weighted by Crippen LogP contribution is 2.29. The molecule has 1 heterocycles. The summed E-state index contributed by atoms with van der Waals surface area (Å²) in [6, 6.07) is 17.9. The molecular formula is C23H24N2O5S. The number of carbonyl (C=O) groups is 1. The number of ether oxygens (including phenoxy) is 1. The molecule has 7 nitrogen and oxygen atoms in total. The molecule has 0 aliphatic heterocycles. The summed E-state index contributed by atoms with van der Waals surface area (Å²) in [6.45, 7) is 0. The smallest absolute Gasteiger partial charge is 0.240 e. The van der Waals surface area contributed by atoms with Crippen LogP contribution in [0.3, 0.4) is 0 Å². The Morgan fingerprint density at radius 2 is 1.87 bits per heavy atom. The number of furan rings is 1. The molecule has 1 saturated carbocycles. The molecule has 1 aromatic heterocycles. The summed E-state index contributed by atoms with van der Waals surface area (Å²) in [5.41, 5.74) is 1.29. The quantitative estimate of drug-likeness (QED) is 0.525. The van der Waals surface area contributed by atoms with Gasteiger partial charge in [-0.05, 0) is 43.2 Å². The highest BCUT2D eigenvalue weighted by molar-refractivity contribution is 7.89. The zero-order chi connectivity index (χ0) is 21.8. The lowest BCUT2D eigenvalue weighted by Crippen LogP contribution is -2.26. The van der Waals surface area contributed by atoms with Crippen molar-refractivity contribution >= 4 is 21.6 Å². The Labute approximate surface area is 181 Å². The summed E-state index contributed by atoms with van der Waals surface area (Å²) < 4.78 is 38.7. The van der Waals surface area contributed by atoms with Crippen LogP contribution in [0, 0.1) is 0 Å². The van der Waals surface area contributed by atoms with Gasteiger partial charge in [0.1, 0.15) is 17.3 Å². The zero-order valence-electron chi connectivity index (χ0n) is 17.1. The van der Waals surface area contributed by atoms with E-state index in [1.807, 2.05) is 42.5 Å². The number of aryl methyl sites for hydroxylation is 1. The Morgan fingerprint density at radius 3 is 2.58 bits per heavy atom. The molecule has 0 radical (unpaired) electrons. The van der Waals surface area contributed by atoms with E-state index in [0.29, 0.717) is 23.6 Å². The summed E-state index contributed by atoms with van der Waals surface area (Å²) in [4.78, 5) is 12.6. The Hall–Kier alpha value is -3.10. The molecule has 1 amide bonds. The normalized spacial score (nSPS) is 13.7. The van der Waals surface area contributed by atoms with E-state index in [1.165, 1.54) is 25.3 Å². The predicted molar refractivity (Wildman–Crippen MR) is 117 cm³/mol. The first-order valence-electron chi connectivity index (χ1n) is 10.1. The molecule has 162 valence electrons. The molecule has 0 unspecified atom stereocenters.